The van der Waals surface area contributed by atoms with Crippen LogP contribution in [0.25, 0.3) is 0 Å². The molecule has 5 fully saturated rings. The van der Waals surface area contributed by atoms with E-state index in [0.29, 0.717) is 11.2 Å². The molecule has 0 unspecified atom stereocenters. The third-order valence-electron chi connectivity index (χ3n) is 6.94. The van der Waals surface area contributed by atoms with Gasteiger partial charge < -0.3 is 10.6 Å². The van der Waals surface area contributed by atoms with Gasteiger partial charge in [0.1, 0.15) is 0 Å². The van der Waals surface area contributed by atoms with Crippen molar-refractivity contribution in [2.45, 2.75) is 83.1 Å². The van der Waals surface area contributed by atoms with E-state index in [1.807, 2.05) is 0 Å². The van der Waals surface area contributed by atoms with Gasteiger partial charge in [0.2, 0.25) is 5.91 Å². The molecule has 5 aliphatic rings. The van der Waals surface area contributed by atoms with Crippen LogP contribution in [-0.2, 0) is 4.79 Å². The molecule has 0 atom stereocenters. The average Bonchev–Trinajstić information content (AvgIpc) is 2.74. The van der Waals surface area contributed by atoms with Crippen molar-refractivity contribution in [3.8, 4) is 0 Å². The van der Waals surface area contributed by atoms with Crippen LogP contribution < -0.4 is 10.6 Å². The van der Waals surface area contributed by atoms with E-state index in [0.717, 1.165) is 37.0 Å². The summed E-state index contributed by atoms with van der Waals surface area (Å²) in [6, 6.07) is 0.460. The second kappa shape index (κ2) is 6.34. The molecule has 5 aliphatic carbocycles. The van der Waals surface area contributed by atoms with Crippen LogP contribution in [0.5, 0.6) is 0 Å². The summed E-state index contributed by atoms with van der Waals surface area (Å²) in [5.74, 6) is 2.63. The van der Waals surface area contributed by atoms with Gasteiger partial charge in [-0.15, -0.1) is 0 Å². The van der Waals surface area contributed by atoms with Crippen molar-refractivity contribution in [2.75, 3.05) is 0 Å². The first-order chi connectivity index (χ1) is 11.1. The number of hydrogen-bond donors (Lipinski definition) is 2. The molecule has 0 aromatic heterocycles. The maximum Gasteiger partial charge on any atom is 0.232 e. The van der Waals surface area contributed by atoms with Crippen LogP contribution in [0.15, 0.2) is 0 Å². The molecular weight excluding hydrogens is 304 g/mol. The van der Waals surface area contributed by atoms with Gasteiger partial charge in [-0.25, -0.2) is 0 Å². The maximum absolute atomic E-state index is 13.0. The van der Waals surface area contributed by atoms with Gasteiger partial charge >= 0.3 is 0 Å². The van der Waals surface area contributed by atoms with E-state index < -0.39 is 0 Å². The first-order valence-corrected chi connectivity index (χ1v) is 10.2. The molecule has 128 valence electrons. The van der Waals surface area contributed by atoms with Gasteiger partial charge in [0, 0.05) is 6.04 Å². The fourth-order valence-electron chi connectivity index (χ4n) is 6.27. The van der Waals surface area contributed by atoms with Crippen LogP contribution in [0.4, 0.5) is 0 Å². The molecule has 0 saturated heterocycles. The molecule has 0 aromatic carbocycles. The summed E-state index contributed by atoms with van der Waals surface area (Å²) < 4.78 is 0. The number of amides is 1. The van der Waals surface area contributed by atoms with Crippen molar-refractivity contribution < 1.29 is 4.79 Å². The molecule has 0 aromatic rings. The van der Waals surface area contributed by atoms with Crippen LogP contribution in [-0.4, -0.2) is 17.1 Å². The first kappa shape index (κ1) is 15.9. The Balaban J connectivity index is 1.35. The van der Waals surface area contributed by atoms with Gasteiger partial charge in [-0.05, 0) is 81.3 Å². The van der Waals surface area contributed by atoms with E-state index in [1.165, 1.54) is 57.8 Å². The molecule has 5 rings (SSSR count). The van der Waals surface area contributed by atoms with Crippen molar-refractivity contribution in [3.05, 3.63) is 0 Å². The Bertz CT molecular complexity index is 446. The smallest absolute Gasteiger partial charge is 0.232 e. The summed E-state index contributed by atoms with van der Waals surface area (Å²) in [5.41, 5.74) is -0.0933. The first-order valence-electron chi connectivity index (χ1n) is 9.75. The molecular formula is C19H30N2OS. The summed E-state index contributed by atoms with van der Waals surface area (Å²) in [6.07, 6.45) is 15.1. The highest BCUT2D eigenvalue weighted by Crippen LogP contribution is 2.60. The highest BCUT2D eigenvalue weighted by Gasteiger charge is 2.54. The number of thiocarbonyl (C=S) groups is 1. The Kier molecular flexibility index (Phi) is 4.38. The Morgan fingerprint density at radius 3 is 1.91 bits per heavy atom. The van der Waals surface area contributed by atoms with Crippen molar-refractivity contribution in [2.24, 2.45) is 23.2 Å². The van der Waals surface area contributed by atoms with E-state index >= 15 is 0 Å². The maximum atomic E-state index is 13.0. The number of carbonyl (C=O) groups is 1. The molecule has 0 radical (unpaired) electrons. The van der Waals surface area contributed by atoms with E-state index in [2.05, 4.69) is 10.6 Å². The molecule has 0 heterocycles. The minimum Gasteiger partial charge on any atom is -0.360 e. The van der Waals surface area contributed by atoms with Crippen LogP contribution in [0.3, 0.4) is 0 Å². The van der Waals surface area contributed by atoms with Gasteiger partial charge in [-0.1, -0.05) is 25.7 Å². The molecule has 5 saturated carbocycles. The summed E-state index contributed by atoms with van der Waals surface area (Å²) in [7, 11) is 0. The normalized spacial score (nSPS) is 39.7. The van der Waals surface area contributed by atoms with E-state index in [9.17, 15) is 4.79 Å². The quantitative estimate of drug-likeness (QED) is 0.594. The Labute approximate surface area is 145 Å². The molecule has 3 nitrogen and oxygen atoms in total. The van der Waals surface area contributed by atoms with Crippen LogP contribution in [0.1, 0.15) is 77.0 Å². The highest BCUT2D eigenvalue weighted by molar-refractivity contribution is 7.80. The lowest BCUT2D eigenvalue weighted by Gasteiger charge is -2.55. The fourth-order valence-corrected chi connectivity index (χ4v) is 6.53. The van der Waals surface area contributed by atoms with Crippen LogP contribution in [0.2, 0.25) is 0 Å². The summed E-state index contributed by atoms with van der Waals surface area (Å²) in [5, 5.41) is 7.09. The van der Waals surface area contributed by atoms with E-state index in [1.54, 1.807) is 0 Å². The topological polar surface area (TPSA) is 41.1 Å². The average molecular weight is 335 g/mol. The zero-order valence-electron chi connectivity index (χ0n) is 14.1. The van der Waals surface area contributed by atoms with E-state index in [4.69, 9.17) is 12.2 Å². The van der Waals surface area contributed by atoms with Gasteiger partial charge in [0.05, 0.1) is 5.41 Å². The monoisotopic (exact) mass is 334 g/mol. The molecule has 0 spiro atoms. The summed E-state index contributed by atoms with van der Waals surface area (Å²) in [4.78, 5) is 13.0. The highest BCUT2D eigenvalue weighted by atomic mass is 32.1. The summed E-state index contributed by atoms with van der Waals surface area (Å²) >= 11 is 5.47. The standard InChI is InChI=1S/C19H30N2OS/c22-17(21-18(23)20-16-5-3-1-2-4-6-16)19-10-13-7-14(11-19)9-15(8-13)12-19/h13-16H,1-12H2,(H2,20,21,22,23). The Hall–Kier alpha value is -0.640. The third-order valence-corrected chi connectivity index (χ3v) is 7.16. The largest absolute Gasteiger partial charge is 0.360 e. The van der Waals surface area contributed by atoms with Crippen LogP contribution in [0, 0.1) is 23.2 Å². The number of nitrogens with one attached hydrogen (secondary N) is 2. The second-order valence-corrected chi connectivity index (χ2v) is 9.22. The summed E-state index contributed by atoms with van der Waals surface area (Å²) in [6.45, 7) is 0. The van der Waals surface area contributed by atoms with Gasteiger partial charge in [-0.3, -0.25) is 4.79 Å². The number of carbonyl (C=O) groups excluding carboxylic acids is 1. The SMILES string of the molecule is O=C(NC(=S)NC1CCCCCC1)C12CC3CC(CC(C3)C1)C2. The van der Waals surface area contributed by atoms with Crippen LogP contribution >= 0.6 is 12.2 Å². The zero-order valence-corrected chi connectivity index (χ0v) is 14.9. The molecule has 0 aliphatic heterocycles. The molecule has 1 amide bonds. The van der Waals surface area contributed by atoms with Crippen molar-refractivity contribution in [1.82, 2.24) is 10.6 Å². The molecule has 4 bridgehead atoms. The minimum atomic E-state index is -0.0933. The predicted octanol–water partition coefficient (Wildman–Crippen LogP) is 3.92. The second-order valence-electron chi connectivity index (χ2n) is 8.81. The lowest BCUT2D eigenvalue weighted by Crippen LogP contribution is -2.56. The lowest BCUT2D eigenvalue weighted by molar-refractivity contribution is -0.144. The minimum absolute atomic E-state index is 0.0933. The van der Waals surface area contributed by atoms with Crippen molar-refractivity contribution in [1.29, 1.82) is 0 Å². The van der Waals surface area contributed by atoms with Gasteiger partial charge in [-0.2, -0.15) is 0 Å². The fraction of sp³-hybridized carbons (Fsp3) is 0.895. The van der Waals surface area contributed by atoms with Crippen molar-refractivity contribution >= 4 is 23.2 Å². The number of rotatable bonds is 2. The molecule has 2 N–H and O–H groups in total. The van der Waals surface area contributed by atoms with Gasteiger partial charge in [0.15, 0.2) is 5.11 Å². The predicted molar refractivity (Wildman–Crippen MR) is 96.0 cm³/mol. The Morgan fingerprint density at radius 2 is 1.39 bits per heavy atom. The Morgan fingerprint density at radius 1 is 0.870 bits per heavy atom. The third kappa shape index (κ3) is 3.29. The van der Waals surface area contributed by atoms with E-state index in [-0.39, 0.29) is 11.3 Å². The molecule has 23 heavy (non-hydrogen) atoms. The number of hydrogen-bond acceptors (Lipinski definition) is 2. The lowest BCUT2D eigenvalue weighted by atomic mass is 9.49. The van der Waals surface area contributed by atoms with Crippen molar-refractivity contribution in [3.63, 3.8) is 0 Å². The zero-order chi connectivity index (χ0) is 15.9. The molecule has 4 heteroatoms. The van der Waals surface area contributed by atoms with Gasteiger partial charge in [0.25, 0.3) is 0 Å².